The van der Waals surface area contributed by atoms with Crippen LogP contribution in [0, 0.1) is 5.41 Å². The zero-order chi connectivity index (χ0) is 7.61. The Hall–Kier alpha value is -0.790. The lowest BCUT2D eigenvalue weighted by molar-refractivity contribution is 0.355. The van der Waals surface area contributed by atoms with Crippen molar-refractivity contribution in [2.75, 3.05) is 0 Å². The smallest absolute Gasteiger partial charge is 0.0659 e. The normalized spacial score (nSPS) is 24.5. The maximum Gasteiger partial charge on any atom is 0.0659 e. The molecule has 1 atom stereocenters. The molecule has 0 aromatic carbocycles. The fourth-order valence-corrected chi connectivity index (χ4v) is 0.842. The highest BCUT2D eigenvalue weighted by atomic mass is 15.0. The molecule has 2 heteroatoms. The van der Waals surface area contributed by atoms with Crippen LogP contribution in [-0.2, 0) is 0 Å². The van der Waals surface area contributed by atoms with E-state index in [0.717, 1.165) is 0 Å². The third-order valence-corrected chi connectivity index (χ3v) is 1.60. The summed E-state index contributed by atoms with van der Waals surface area (Å²) < 4.78 is 0. The first-order valence-corrected chi connectivity index (χ1v) is 3.55. The third-order valence-electron chi connectivity index (χ3n) is 1.60. The summed E-state index contributed by atoms with van der Waals surface area (Å²) in [5.74, 6) is 0. The van der Waals surface area contributed by atoms with Crippen LogP contribution >= 0.6 is 0 Å². The van der Waals surface area contributed by atoms with Crippen LogP contribution in [0.3, 0.4) is 0 Å². The Morgan fingerprint density at radius 2 is 2.10 bits per heavy atom. The van der Waals surface area contributed by atoms with Gasteiger partial charge in [0, 0.05) is 18.6 Å². The third kappa shape index (κ3) is 1.59. The fraction of sp³-hybridized carbons (Fsp3) is 0.625. The first kappa shape index (κ1) is 7.32. The van der Waals surface area contributed by atoms with Gasteiger partial charge in [0.1, 0.15) is 0 Å². The molecule has 1 rings (SSSR count). The van der Waals surface area contributed by atoms with E-state index < -0.39 is 0 Å². The van der Waals surface area contributed by atoms with Crippen LogP contribution < -0.4 is 5.32 Å². The van der Waals surface area contributed by atoms with E-state index in [1.54, 1.807) is 6.20 Å². The largest absolute Gasteiger partial charge is 0.381 e. The van der Waals surface area contributed by atoms with E-state index in [0.29, 0.717) is 6.04 Å². The van der Waals surface area contributed by atoms with E-state index in [4.69, 9.17) is 0 Å². The van der Waals surface area contributed by atoms with Crippen LogP contribution in [0.4, 0.5) is 0 Å². The van der Waals surface area contributed by atoms with Gasteiger partial charge in [-0.05, 0) is 5.41 Å². The van der Waals surface area contributed by atoms with Crippen LogP contribution in [0.15, 0.2) is 17.4 Å². The fourth-order valence-electron chi connectivity index (χ4n) is 0.842. The molecular weight excluding hydrogens is 124 g/mol. The molecule has 0 bridgehead atoms. The molecule has 0 fully saturated rings. The standard InChI is InChI=1S/C8H14N2/c1-8(2,3)7-6-9-4-5-10-7/h4-7,10H,1-3H3. The van der Waals surface area contributed by atoms with Crippen LogP contribution in [0.2, 0.25) is 0 Å². The molecule has 0 saturated heterocycles. The maximum absolute atomic E-state index is 4.06. The molecule has 1 aliphatic rings. The molecule has 10 heavy (non-hydrogen) atoms. The lowest BCUT2D eigenvalue weighted by Crippen LogP contribution is -2.39. The summed E-state index contributed by atoms with van der Waals surface area (Å²) >= 11 is 0. The van der Waals surface area contributed by atoms with Crippen molar-refractivity contribution in [3.05, 3.63) is 12.4 Å². The summed E-state index contributed by atoms with van der Waals surface area (Å²) in [5, 5.41) is 3.23. The van der Waals surface area contributed by atoms with Crippen molar-refractivity contribution in [2.45, 2.75) is 26.8 Å². The summed E-state index contributed by atoms with van der Waals surface area (Å²) in [4.78, 5) is 4.06. The minimum atomic E-state index is 0.258. The molecule has 2 nitrogen and oxygen atoms in total. The Morgan fingerprint density at radius 3 is 2.40 bits per heavy atom. The second-order valence-electron chi connectivity index (χ2n) is 3.62. The molecule has 0 saturated carbocycles. The highest BCUT2D eigenvalue weighted by Crippen LogP contribution is 2.18. The van der Waals surface area contributed by atoms with Crippen molar-refractivity contribution in [1.29, 1.82) is 0 Å². The van der Waals surface area contributed by atoms with Gasteiger partial charge < -0.3 is 5.32 Å². The molecule has 0 aliphatic carbocycles. The van der Waals surface area contributed by atoms with Crippen molar-refractivity contribution >= 4 is 6.21 Å². The second kappa shape index (κ2) is 2.45. The molecule has 1 N–H and O–H groups in total. The Labute approximate surface area is 62.0 Å². The second-order valence-corrected chi connectivity index (χ2v) is 3.62. The van der Waals surface area contributed by atoms with E-state index >= 15 is 0 Å². The summed E-state index contributed by atoms with van der Waals surface area (Å²) in [5.41, 5.74) is 0.258. The minimum Gasteiger partial charge on any atom is -0.381 e. The number of rotatable bonds is 0. The van der Waals surface area contributed by atoms with Gasteiger partial charge in [-0.2, -0.15) is 0 Å². The Morgan fingerprint density at radius 1 is 1.40 bits per heavy atom. The lowest BCUT2D eigenvalue weighted by Gasteiger charge is -2.28. The number of nitrogens with zero attached hydrogens (tertiary/aromatic N) is 1. The number of nitrogens with one attached hydrogen (secondary N) is 1. The van der Waals surface area contributed by atoms with Crippen molar-refractivity contribution in [2.24, 2.45) is 10.4 Å². The highest BCUT2D eigenvalue weighted by molar-refractivity contribution is 5.67. The quantitative estimate of drug-likeness (QED) is 0.539. The van der Waals surface area contributed by atoms with E-state index in [1.807, 2.05) is 12.4 Å². The van der Waals surface area contributed by atoms with Crippen LogP contribution in [0.25, 0.3) is 0 Å². The molecular formula is C8H14N2. The van der Waals surface area contributed by atoms with Gasteiger partial charge in [-0.1, -0.05) is 20.8 Å². The summed E-state index contributed by atoms with van der Waals surface area (Å²) in [6.07, 6.45) is 5.60. The zero-order valence-corrected chi connectivity index (χ0v) is 6.76. The van der Waals surface area contributed by atoms with Crippen molar-refractivity contribution in [1.82, 2.24) is 5.32 Å². The predicted octanol–water partition coefficient (Wildman–Crippen LogP) is 1.55. The summed E-state index contributed by atoms with van der Waals surface area (Å²) in [6, 6.07) is 0.373. The van der Waals surface area contributed by atoms with Crippen LogP contribution in [0.5, 0.6) is 0 Å². The number of hydrogen-bond donors (Lipinski definition) is 1. The molecule has 0 aromatic rings. The minimum absolute atomic E-state index is 0.258. The molecule has 56 valence electrons. The van der Waals surface area contributed by atoms with E-state index in [-0.39, 0.29) is 5.41 Å². The van der Waals surface area contributed by atoms with E-state index in [1.165, 1.54) is 0 Å². The molecule has 0 spiro atoms. The highest BCUT2D eigenvalue weighted by Gasteiger charge is 2.21. The van der Waals surface area contributed by atoms with Gasteiger partial charge in [-0.25, -0.2) is 0 Å². The topological polar surface area (TPSA) is 24.4 Å². The monoisotopic (exact) mass is 138 g/mol. The van der Waals surface area contributed by atoms with Gasteiger partial charge in [0.05, 0.1) is 6.04 Å². The SMILES string of the molecule is CC(C)(C)C1C=NC=CN1. The molecule has 1 heterocycles. The van der Waals surface area contributed by atoms with Crippen LogP contribution in [0.1, 0.15) is 20.8 Å². The average molecular weight is 138 g/mol. The van der Waals surface area contributed by atoms with Gasteiger partial charge >= 0.3 is 0 Å². The van der Waals surface area contributed by atoms with Crippen LogP contribution in [-0.4, -0.2) is 12.3 Å². The zero-order valence-electron chi connectivity index (χ0n) is 6.76. The van der Waals surface area contributed by atoms with Crippen molar-refractivity contribution < 1.29 is 0 Å². The average Bonchev–Trinajstić information content (AvgIpc) is 1.88. The first-order chi connectivity index (χ1) is 4.61. The van der Waals surface area contributed by atoms with E-state index in [9.17, 15) is 0 Å². The van der Waals surface area contributed by atoms with Gasteiger partial charge in [0.15, 0.2) is 0 Å². The lowest BCUT2D eigenvalue weighted by atomic mass is 9.87. The van der Waals surface area contributed by atoms with E-state index in [2.05, 4.69) is 31.1 Å². The Kier molecular flexibility index (Phi) is 1.79. The Balaban J connectivity index is 2.60. The number of hydrogen-bond acceptors (Lipinski definition) is 2. The van der Waals surface area contributed by atoms with Gasteiger partial charge in [-0.15, -0.1) is 0 Å². The molecule has 0 radical (unpaired) electrons. The van der Waals surface area contributed by atoms with Crippen molar-refractivity contribution in [3.63, 3.8) is 0 Å². The van der Waals surface area contributed by atoms with Gasteiger partial charge in [0.2, 0.25) is 0 Å². The summed E-state index contributed by atoms with van der Waals surface area (Å²) in [6.45, 7) is 6.57. The van der Waals surface area contributed by atoms with Crippen molar-refractivity contribution in [3.8, 4) is 0 Å². The Bertz CT molecular complexity index is 163. The molecule has 1 unspecified atom stereocenters. The molecule has 1 aliphatic heterocycles. The number of aliphatic imine (C=N–C) groups is 1. The maximum atomic E-state index is 4.06. The van der Waals surface area contributed by atoms with Gasteiger partial charge in [-0.3, -0.25) is 4.99 Å². The summed E-state index contributed by atoms with van der Waals surface area (Å²) in [7, 11) is 0. The van der Waals surface area contributed by atoms with Gasteiger partial charge in [0.25, 0.3) is 0 Å². The first-order valence-electron chi connectivity index (χ1n) is 3.55. The molecule has 0 aromatic heterocycles. The predicted molar refractivity (Wildman–Crippen MR) is 44.0 cm³/mol. The molecule has 0 amide bonds.